The molecule has 0 radical (unpaired) electrons. The van der Waals surface area contributed by atoms with Gasteiger partial charge in [0.2, 0.25) is 0 Å². The molecular weight excluding hydrogens is 196 g/mol. The van der Waals surface area contributed by atoms with Crippen molar-refractivity contribution in [3.8, 4) is 0 Å². The Morgan fingerprint density at radius 3 is 2.60 bits per heavy atom. The highest BCUT2D eigenvalue weighted by molar-refractivity contribution is 5.74. The van der Waals surface area contributed by atoms with Gasteiger partial charge in [0.05, 0.1) is 0 Å². The Kier molecular flexibility index (Phi) is 3.74. The van der Waals surface area contributed by atoms with Crippen molar-refractivity contribution in [2.24, 2.45) is 5.73 Å². The first-order valence-corrected chi connectivity index (χ1v) is 4.93. The summed E-state index contributed by atoms with van der Waals surface area (Å²) in [6.07, 6.45) is 0. The predicted molar refractivity (Wildman–Crippen MR) is 56.8 cm³/mol. The lowest BCUT2D eigenvalue weighted by molar-refractivity contribution is -0.139. The molecule has 84 valence electrons. The van der Waals surface area contributed by atoms with Gasteiger partial charge in [-0.1, -0.05) is 0 Å². The minimum Gasteiger partial charge on any atom is -0.480 e. The van der Waals surface area contributed by atoms with Crippen molar-refractivity contribution < 1.29 is 14.3 Å². The SMILES string of the molecule is CCN(CC)c1ccc([C@@H](N)C(=O)O)o1. The smallest absolute Gasteiger partial charge is 0.328 e. The van der Waals surface area contributed by atoms with E-state index in [0.717, 1.165) is 13.1 Å². The van der Waals surface area contributed by atoms with Crippen molar-refractivity contribution in [2.75, 3.05) is 18.0 Å². The largest absolute Gasteiger partial charge is 0.480 e. The third-order valence-corrected chi connectivity index (χ3v) is 2.26. The topological polar surface area (TPSA) is 79.7 Å². The summed E-state index contributed by atoms with van der Waals surface area (Å²) in [6, 6.07) is 2.26. The van der Waals surface area contributed by atoms with Gasteiger partial charge in [-0.15, -0.1) is 0 Å². The molecule has 5 heteroatoms. The van der Waals surface area contributed by atoms with E-state index in [-0.39, 0.29) is 5.76 Å². The fourth-order valence-corrected chi connectivity index (χ4v) is 1.34. The van der Waals surface area contributed by atoms with Crippen LogP contribution in [0.5, 0.6) is 0 Å². The van der Waals surface area contributed by atoms with Gasteiger partial charge in [-0.2, -0.15) is 0 Å². The molecule has 0 saturated carbocycles. The maximum absolute atomic E-state index is 10.6. The summed E-state index contributed by atoms with van der Waals surface area (Å²) in [5, 5.41) is 8.70. The van der Waals surface area contributed by atoms with Crippen LogP contribution in [0.15, 0.2) is 16.5 Å². The summed E-state index contributed by atoms with van der Waals surface area (Å²) < 4.78 is 5.37. The number of nitrogens with two attached hydrogens (primary N) is 1. The molecule has 1 aromatic heterocycles. The second-order valence-corrected chi connectivity index (χ2v) is 3.16. The van der Waals surface area contributed by atoms with Crippen LogP contribution in [-0.2, 0) is 4.79 Å². The molecule has 0 spiro atoms. The van der Waals surface area contributed by atoms with Gasteiger partial charge in [-0.3, -0.25) is 4.79 Å². The van der Waals surface area contributed by atoms with Crippen LogP contribution in [0.2, 0.25) is 0 Å². The highest BCUT2D eigenvalue weighted by Crippen LogP contribution is 2.21. The molecule has 0 aromatic carbocycles. The van der Waals surface area contributed by atoms with Gasteiger partial charge in [-0.05, 0) is 19.9 Å². The summed E-state index contributed by atoms with van der Waals surface area (Å²) in [6.45, 7) is 5.63. The van der Waals surface area contributed by atoms with Crippen LogP contribution in [0.25, 0.3) is 0 Å². The van der Waals surface area contributed by atoms with Crippen LogP contribution in [-0.4, -0.2) is 24.2 Å². The van der Waals surface area contributed by atoms with Gasteiger partial charge >= 0.3 is 5.97 Å². The number of furan rings is 1. The first kappa shape index (κ1) is 11.6. The number of aliphatic carboxylic acids is 1. The molecule has 1 heterocycles. The summed E-state index contributed by atoms with van der Waals surface area (Å²) in [4.78, 5) is 12.6. The van der Waals surface area contributed by atoms with E-state index < -0.39 is 12.0 Å². The standard InChI is InChI=1S/C10H16N2O3/c1-3-12(4-2)8-6-5-7(15-8)9(11)10(13)14/h5-6,9H,3-4,11H2,1-2H3,(H,13,14)/t9-/m1/s1. The van der Waals surface area contributed by atoms with Crippen molar-refractivity contribution >= 4 is 11.9 Å². The minimum absolute atomic E-state index is 0.282. The van der Waals surface area contributed by atoms with E-state index >= 15 is 0 Å². The number of carboxylic acids is 1. The summed E-state index contributed by atoms with van der Waals surface area (Å²) in [7, 11) is 0. The first-order chi connectivity index (χ1) is 7.10. The lowest BCUT2D eigenvalue weighted by Gasteiger charge is -2.17. The summed E-state index contributed by atoms with van der Waals surface area (Å²) >= 11 is 0. The van der Waals surface area contributed by atoms with Crippen molar-refractivity contribution in [2.45, 2.75) is 19.9 Å². The van der Waals surface area contributed by atoms with E-state index in [4.69, 9.17) is 15.3 Å². The Labute approximate surface area is 88.5 Å². The predicted octanol–water partition coefficient (Wildman–Crippen LogP) is 1.21. The first-order valence-electron chi connectivity index (χ1n) is 4.93. The molecule has 0 bridgehead atoms. The van der Waals surface area contributed by atoms with Crippen LogP contribution < -0.4 is 10.6 Å². The molecule has 0 fully saturated rings. The Balaban J connectivity index is 2.84. The maximum Gasteiger partial charge on any atom is 0.328 e. The number of anilines is 1. The van der Waals surface area contributed by atoms with Crippen molar-refractivity contribution in [3.05, 3.63) is 17.9 Å². The molecule has 15 heavy (non-hydrogen) atoms. The second kappa shape index (κ2) is 4.84. The highest BCUT2D eigenvalue weighted by Gasteiger charge is 2.19. The number of carboxylic acid groups (broad SMARTS) is 1. The Bertz CT molecular complexity index is 331. The molecule has 1 aromatic rings. The summed E-state index contributed by atoms with van der Waals surface area (Å²) in [5.74, 6) is -0.147. The van der Waals surface area contributed by atoms with E-state index in [1.54, 1.807) is 12.1 Å². The maximum atomic E-state index is 10.6. The second-order valence-electron chi connectivity index (χ2n) is 3.16. The van der Waals surface area contributed by atoms with E-state index in [2.05, 4.69) is 0 Å². The molecule has 0 aliphatic carbocycles. The van der Waals surface area contributed by atoms with Gasteiger partial charge in [0.15, 0.2) is 11.9 Å². The zero-order chi connectivity index (χ0) is 11.4. The molecule has 0 amide bonds. The quantitative estimate of drug-likeness (QED) is 0.766. The van der Waals surface area contributed by atoms with Crippen molar-refractivity contribution in [1.29, 1.82) is 0 Å². The fourth-order valence-electron chi connectivity index (χ4n) is 1.34. The van der Waals surface area contributed by atoms with Crippen LogP contribution in [0.4, 0.5) is 5.88 Å². The van der Waals surface area contributed by atoms with Gasteiger partial charge in [-0.25, -0.2) is 0 Å². The minimum atomic E-state index is -1.09. The van der Waals surface area contributed by atoms with Gasteiger partial charge in [0.1, 0.15) is 5.76 Å². The third kappa shape index (κ3) is 2.50. The van der Waals surface area contributed by atoms with Crippen LogP contribution in [0.3, 0.4) is 0 Å². The molecule has 1 rings (SSSR count). The third-order valence-electron chi connectivity index (χ3n) is 2.26. The van der Waals surface area contributed by atoms with Gasteiger partial charge in [0.25, 0.3) is 0 Å². The lowest BCUT2D eigenvalue weighted by Crippen LogP contribution is -2.22. The number of carbonyl (C=O) groups is 1. The average Bonchev–Trinajstić information content (AvgIpc) is 2.67. The molecule has 3 N–H and O–H groups in total. The zero-order valence-electron chi connectivity index (χ0n) is 8.93. The number of rotatable bonds is 5. The fraction of sp³-hybridized carbons (Fsp3) is 0.500. The van der Waals surface area contributed by atoms with Crippen LogP contribution in [0, 0.1) is 0 Å². The highest BCUT2D eigenvalue weighted by atomic mass is 16.4. The average molecular weight is 212 g/mol. The van der Waals surface area contributed by atoms with Gasteiger partial charge in [0, 0.05) is 19.2 Å². The van der Waals surface area contributed by atoms with E-state index in [1.165, 1.54) is 0 Å². The van der Waals surface area contributed by atoms with Gasteiger partial charge < -0.3 is 20.2 Å². The molecule has 0 saturated heterocycles. The number of hydrogen-bond acceptors (Lipinski definition) is 4. The molecule has 1 atom stereocenters. The van der Waals surface area contributed by atoms with E-state index in [0.29, 0.717) is 5.88 Å². The van der Waals surface area contributed by atoms with Crippen molar-refractivity contribution in [3.63, 3.8) is 0 Å². The molecule has 5 nitrogen and oxygen atoms in total. The molecule has 0 aliphatic heterocycles. The van der Waals surface area contributed by atoms with E-state index in [9.17, 15) is 4.79 Å². The lowest BCUT2D eigenvalue weighted by atomic mass is 10.2. The van der Waals surface area contributed by atoms with E-state index in [1.807, 2.05) is 18.7 Å². The van der Waals surface area contributed by atoms with Crippen molar-refractivity contribution in [1.82, 2.24) is 0 Å². The molecule has 0 unspecified atom stereocenters. The normalized spacial score (nSPS) is 12.5. The summed E-state index contributed by atoms with van der Waals surface area (Å²) in [5.41, 5.74) is 5.42. The Hall–Kier alpha value is -1.49. The van der Waals surface area contributed by atoms with Crippen LogP contribution >= 0.6 is 0 Å². The monoisotopic (exact) mass is 212 g/mol. The number of nitrogens with zero attached hydrogens (tertiary/aromatic N) is 1. The number of hydrogen-bond donors (Lipinski definition) is 2. The Morgan fingerprint density at radius 2 is 2.13 bits per heavy atom. The van der Waals surface area contributed by atoms with Crippen LogP contribution in [0.1, 0.15) is 25.6 Å². The zero-order valence-corrected chi connectivity index (χ0v) is 8.93. The molecule has 0 aliphatic rings. The molecular formula is C10H16N2O3. The Morgan fingerprint density at radius 1 is 1.53 bits per heavy atom.